The second-order valence-electron chi connectivity index (χ2n) is 5.85. The monoisotopic (exact) mass is 289 g/mol. The lowest BCUT2D eigenvalue weighted by Gasteiger charge is -2.17. The van der Waals surface area contributed by atoms with Crippen LogP contribution in [-0.2, 0) is 0 Å². The number of hydrogen-bond donors (Lipinski definition) is 1. The minimum absolute atomic E-state index is 0.428. The van der Waals surface area contributed by atoms with Crippen LogP contribution in [0.25, 0.3) is 11.4 Å². The number of hydrogen-bond acceptors (Lipinski definition) is 4. The minimum atomic E-state index is 0.428. The molecule has 0 saturated heterocycles. The first-order chi connectivity index (χ1) is 9.74. The third-order valence-corrected chi connectivity index (χ3v) is 4.55. The van der Waals surface area contributed by atoms with Gasteiger partial charge in [-0.1, -0.05) is 11.6 Å². The Bertz CT molecular complexity index is 633. The van der Waals surface area contributed by atoms with Crippen LogP contribution in [0.15, 0.2) is 18.2 Å². The van der Waals surface area contributed by atoms with Gasteiger partial charge < -0.3 is 5.73 Å². The number of halogens is 1. The molecule has 0 unspecified atom stereocenters. The van der Waals surface area contributed by atoms with Crippen LogP contribution in [-0.4, -0.2) is 20.2 Å². The third kappa shape index (κ3) is 2.06. The number of benzene rings is 1. The van der Waals surface area contributed by atoms with E-state index in [9.17, 15) is 0 Å². The fraction of sp³-hybridized carbons (Fsp3) is 0.500. The van der Waals surface area contributed by atoms with Crippen LogP contribution in [0.2, 0.25) is 5.02 Å². The molecule has 2 saturated carbocycles. The molecule has 4 rings (SSSR count). The summed E-state index contributed by atoms with van der Waals surface area (Å²) < 4.78 is 1.98. The van der Waals surface area contributed by atoms with Crippen molar-refractivity contribution in [2.24, 2.45) is 11.8 Å². The molecule has 0 radical (unpaired) electrons. The first-order valence-electron chi connectivity index (χ1n) is 7.07. The van der Waals surface area contributed by atoms with Crippen LogP contribution in [0, 0.1) is 11.8 Å². The second kappa shape index (κ2) is 4.45. The van der Waals surface area contributed by atoms with Gasteiger partial charge in [0.1, 0.15) is 0 Å². The maximum absolute atomic E-state index is 6.29. The van der Waals surface area contributed by atoms with Crippen molar-refractivity contribution >= 4 is 17.3 Å². The first kappa shape index (κ1) is 12.1. The Hall–Kier alpha value is -1.62. The molecule has 1 heterocycles. The van der Waals surface area contributed by atoms with Gasteiger partial charge in [-0.05, 0) is 66.1 Å². The fourth-order valence-electron chi connectivity index (χ4n) is 2.95. The number of nitrogen functional groups attached to an aromatic ring is 1. The van der Waals surface area contributed by atoms with E-state index in [-0.39, 0.29) is 0 Å². The Morgan fingerprint density at radius 1 is 1.20 bits per heavy atom. The number of rotatable bonds is 4. The van der Waals surface area contributed by atoms with Crippen LogP contribution in [0.3, 0.4) is 0 Å². The molecule has 20 heavy (non-hydrogen) atoms. The number of aromatic nitrogens is 4. The largest absolute Gasteiger partial charge is 0.399 e. The molecule has 2 aromatic rings. The molecule has 104 valence electrons. The summed E-state index contributed by atoms with van der Waals surface area (Å²) in [7, 11) is 0. The van der Waals surface area contributed by atoms with Gasteiger partial charge in [0, 0.05) is 11.3 Å². The molecule has 1 aromatic heterocycles. The average molecular weight is 290 g/mol. The van der Waals surface area contributed by atoms with Crippen LogP contribution in [0.4, 0.5) is 5.69 Å². The van der Waals surface area contributed by atoms with Crippen molar-refractivity contribution in [3.63, 3.8) is 0 Å². The maximum Gasteiger partial charge on any atom is 0.183 e. The lowest BCUT2D eigenvalue weighted by molar-refractivity contribution is 0.357. The van der Waals surface area contributed by atoms with Crippen molar-refractivity contribution < 1.29 is 0 Å². The van der Waals surface area contributed by atoms with Gasteiger partial charge >= 0.3 is 0 Å². The Balaban J connectivity index is 1.79. The van der Waals surface area contributed by atoms with Gasteiger partial charge in [-0.2, -0.15) is 0 Å². The number of anilines is 1. The molecule has 5 nitrogen and oxygen atoms in total. The molecule has 0 aliphatic heterocycles. The molecular weight excluding hydrogens is 274 g/mol. The molecule has 0 spiro atoms. The highest BCUT2D eigenvalue weighted by atomic mass is 35.5. The van der Waals surface area contributed by atoms with E-state index >= 15 is 0 Å². The first-order valence-corrected chi connectivity index (χ1v) is 7.45. The highest BCUT2D eigenvalue weighted by Gasteiger charge is 2.44. The average Bonchev–Trinajstić information content (AvgIpc) is 3.34. The van der Waals surface area contributed by atoms with E-state index in [2.05, 4.69) is 15.5 Å². The normalized spacial score (nSPS) is 18.7. The molecule has 1 aromatic carbocycles. The van der Waals surface area contributed by atoms with Crippen molar-refractivity contribution in [3.05, 3.63) is 23.2 Å². The van der Waals surface area contributed by atoms with Crippen molar-refractivity contribution in [2.45, 2.75) is 31.7 Å². The Morgan fingerprint density at radius 2 is 1.90 bits per heavy atom. The molecule has 0 amide bonds. The van der Waals surface area contributed by atoms with E-state index in [1.807, 2.05) is 10.7 Å². The molecule has 2 fully saturated rings. The molecule has 2 aliphatic carbocycles. The summed E-state index contributed by atoms with van der Waals surface area (Å²) in [4.78, 5) is 0. The SMILES string of the molecule is Nc1ccc(Cl)c(-c2nnnn2C(C2CC2)C2CC2)c1. The summed E-state index contributed by atoms with van der Waals surface area (Å²) >= 11 is 6.29. The van der Waals surface area contributed by atoms with Gasteiger partial charge in [0.05, 0.1) is 11.1 Å². The standard InChI is InChI=1S/C14H16ClN5/c15-12-6-5-10(16)7-11(12)14-17-18-19-20(14)13(8-1-2-8)9-3-4-9/h5-9,13H,1-4,16H2. The lowest BCUT2D eigenvalue weighted by atomic mass is 10.1. The van der Waals surface area contributed by atoms with Crippen molar-refractivity contribution in [3.8, 4) is 11.4 Å². The number of nitrogens with two attached hydrogens (primary N) is 1. The van der Waals surface area contributed by atoms with E-state index in [0.29, 0.717) is 16.8 Å². The van der Waals surface area contributed by atoms with Crippen LogP contribution in [0.5, 0.6) is 0 Å². The van der Waals surface area contributed by atoms with E-state index in [4.69, 9.17) is 17.3 Å². The summed E-state index contributed by atoms with van der Waals surface area (Å²) in [6, 6.07) is 5.87. The van der Waals surface area contributed by atoms with Crippen molar-refractivity contribution in [1.82, 2.24) is 20.2 Å². The van der Waals surface area contributed by atoms with Crippen LogP contribution >= 0.6 is 11.6 Å². The highest BCUT2D eigenvalue weighted by Crippen LogP contribution is 2.52. The zero-order chi connectivity index (χ0) is 13.7. The molecule has 6 heteroatoms. The molecule has 0 atom stereocenters. The van der Waals surface area contributed by atoms with Crippen LogP contribution < -0.4 is 5.73 Å². The minimum Gasteiger partial charge on any atom is -0.399 e. The summed E-state index contributed by atoms with van der Waals surface area (Å²) in [5.74, 6) is 2.19. The van der Waals surface area contributed by atoms with Gasteiger partial charge in [-0.15, -0.1) is 5.10 Å². The Morgan fingerprint density at radius 3 is 2.55 bits per heavy atom. The van der Waals surface area contributed by atoms with E-state index < -0.39 is 0 Å². The Labute approximate surface area is 122 Å². The molecular formula is C14H16ClN5. The smallest absolute Gasteiger partial charge is 0.183 e. The van der Waals surface area contributed by atoms with Gasteiger partial charge in [-0.25, -0.2) is 4.68 Å². The number of nitrogens with zero attached hydrogens (tertiary/aromatic N) is 4. The van der Waals surface area contributed by atoms with Gasteiger partial charge in [-0.3, -0.25) is 0 Å². The zero-order valence-corrected chi connectivity index (χ0v) is 11.8. The summed E-state index contributed by atoms with van der Waals surface area (Å²) in [6.07, 6.45) is 5.13. The third-order valence-electron chi connectivity index (χ3n) is 4.22. The zero-order valence-electron chi connectivity index (χ0n) is 11.0. The fourth-order valence-corrected chi connectivity index (χ4v) is 3.15. The highest BCUT2D eigenvalue weighted by molar-refractivity contribution is 6.33. The number of tetrazole rings is 1. The molecule has 0 bridgehead atoms. The van der Waals surface area contributed by atoms with Gasteiger partial charge in [0.15, 0.2) is 5.82 Å². The van der Waals surface area contributed by atoms with Gasteiger partial charge in [0.2, 0.25) is 0 Å². The van der Waals surface area contributed by atoms with Crippen molar-refractivity contribution in [1.29, 1.82) is 0 Å². The van der Waals surface area contributed by atoms with E-state index in [1.54, 1.807) is 12.1 Å². The quantitative estimate of drug-likeness (QED) is 0.879. The summed E-state index contributed by atoms with van der Waals surface area (Å²) in [6.45, 7) is 0. The Kier molecular flexibility index (Phi) is 2.70. The lowest BCUT2D eigenvalue weighted by Crippen LogP contribution is -2.16. The topological polar surface area (TPSA) is 69.6 Å². The van der Waals surface area contributed by atoms with E-state index in [0.717, 1.165) is 23.2 Å². The second-order valence-corrected chi connectivity index (χ2v) is 6.26. The molecule has 2 N–H and O–H groups in total. The van der Waals surface area contributed by atoms with Crippen molar-refractivity contribution in [2.75, 3.05) is 5.73 Å². The predicted octanol–water partition coefficient (Wildman–Crippen LogP) is 2.94. The predicted molar refractivity (Wildman–Crippen MR) is 77.2 cm³/mol. The van der Waals surface area contributed by atoms with Gasteiger partial charge in [0.25, 0.3) is 0 Å². The van der Waals surface area contributed by atoms with E-state index in [1.165, 1.54) is 25.7 Å². The molecule has 2 aliphatic rings. The summed E-state index contributed by atoms with van der Waals surface area (Å²) in [5.41, 5.74) is 7.36. The van der Waals surface area contributed by atoms with Crippen LogP contribution in [0.1, 0.15) is 31.7 Å². The summed E-state index contributed by atoms with van der Waals surface area (Å²) in [5, 5.41) is 12.9. The maximum atomic E-state index is 6.29.